The van der Waals surface area contributed by atoms with Crippen molar-refractivity contribution in [3.8, 4) is 39.2 Å². The van der Waals surface area contributed by atoms with Crippen LogP contribution in [0.5, 0.6) is 0 Å². The van der Waals surface area contributed by atoms with Crippen LogP contribution >= 0.6 is 0 Å². The molecule has 0 saturated heterocycles. The van der Waals surface area contributed by atoms with Crippen molar-refractivity contribution >= 4 is 54.3 Å². The Bertz CT molecular complexity index is 2930. The van der Waals surface area contributed by atoms with Gasteiger partial charge in [0.25, 0.3) is 0 Å². The molecular formula is C48H33N3. The number of pyridine rings is 1. The maximum Gasteiger partial charge on any atom is 0.114 e. The summed E-state index contributed by atoms with van der Waals surface area (Å²) in [6.07, 6.45) is 0.872. The monoisotopic (exact) mass is 651 g/mol. The van der Waals surface area contributed by atoms with Gasteiger partial charge >= 0.3 is 0 Å². The van der Waals surface area contributed by atoms with E-state index in [1.165, 1.54) is 54.6 Å². The molecular weight excluding hydrogens is 619 g/mol. The molecule has 0 bridgehead atoms. The minimum atomic E-state index is 0.872. The first kappa shape index (κ1) is 29.3. The van der Waals surface area contributed by atoms with Gasteiger partial charge in [-0.1, -0.05) is 134 Å². The van der Waals surface area contributed by atoms with E-state index in [2.05, 4.69) is 181 Å². The SMILES string of the molecule is CCc1nc2ccccc2n1-c1ccc(-c2ccc(-c3cc4c(-c5ccc6ccccc6c5)nc5ccccc5c4c4ccccc34)cc2)cc1. The molecule has 10 aromatic rings. The Kier molecular flexibility index (Phi) is 6.78. The van der Waals surface area contributed by atoms with E-state index in [1.54, 1.807) is 0 Å². The van der Waals surface area contributed by atoms with Gasteiger partial charge in [0, 0.05) is 33.8 Å². The molecule has 3 nitrogen and oxygen atoms in total. The summed E-state index contributed by atoms with van der Waals surface area (Å²) < 4.78 is 2.28. The quantitative estimate of drug-likeness (QED) is 0.173. The van der Waals surface area contributed by atoms with Crippen LogP contribution in [0.4, 0.5) is 0 Å². The van der Waals surface area contributed by atoms with E-state index in [4.69, 9.17) is 9.97 Å². The number of nitrogens with zero attached hydrogens (tertiary/aromatic N) is 3. The molecule has 51 heavy (non-hydrogen) atoms. The molecule has 2 aromatic heterocycles. The Hall–Kier alpha value is -6.58. The topological polar surface area (TPSA) is 30.7 Å². The van der Waals surface area contributed by atoms with Gasteiger partial charge in [0.2, 0.25) is 0 Å². The second-order valence-electron chi connectivity index (χ2n) is 13.3. The number of aromatic nitrogens is 3. The van der Waals surface area contributed by atoms with E-state index in [0.717, 1.165) is 51.1 Å². The lowest BCUT2D eigenvalue weighted by Crippen LogP contribution is -1.99. The maximum absolute atomic E-state index is 5.32. The molecule has 0 aliphatic carbocycles. The summed E-state index contributed by atoms with van der Waals surface area (Å²) in [6.45, 7) is 2.16. The molecule has 0 amide bonds. The Labute approximate surface area is 296 Å². The highest BCUT2D eigenvalue weighted by atomic mass is 15.1. The molecule has 0 saturated carbocycles. The van der Waals surface area contributed by atoms with Crippen molar-refractivity contribution in [1.29, 1.82) is 0 Å². The third-order valence-corrected chi connectivity index (χ3v) is 10.3. The summed E-state index contributed by atoms with van der Waals surface area (Å²) in [7, 11) is 0. The van der Waals surface area contributed by atoms with Crippen molar-refractivity contribution in [3.05, 3.63) is 176 Å². The van der Waals surface area contributed by atoms with E-state index in [-0.39, 0.29) is 0 Å². The zero-order valence-electron chi connectivity index (χ0n) is 28.2. The molecule has 0 aliphatic heterocycles. The van der Waals surface area contributed by atoms with Gasteiger partial charge in [0.1, 0.15) is 5.82 Å². The second-order valence-corrected chi connectivity index (χ2v) is 13.3. The van der Waals surface area contributed by atoms with E-state index >= 15 is 0 Å². The molecule has 0 aliphatic rings. The number of hydrogen-bond acceptors (Lipinski definition) is 2. The third kappa shape index (κ3) is 4.81. The standard InChI is InChI=1S/C48H33N3/c1-2-46-49-44-17-9-10-18-45(44)51(46)37-27-25-33(26-28-37)32-19-22-34(23-20-32)41-30-42-47(39-14-6-5-13-38(39)41)40-15-7-8-16-43(40)50-48(42)36-24-21-31-11-3-4-12-35(31)29-36/h3-30H,2H2,1H3. The van der Waals surface area contributed by atoms with E-state index in [1.807, 2.05) is 0 Å². The van der Waals surface area contributed by atoms with Crippen LogP contribution in [-0.4, -0.2) is 14.5 Å². The molecule has 0 radical (unpaired) electrons. The summed E-state index contributed by atoms with van der Waals surface area (Å²) in [6, 6.07) is 61.2. The zero-order chi connectivity index (χ0) is 33.9. The van der Waals surface area contributed by atoms with Crippen LogP contribution in [-0.2, 0) is 6.42 Å². The van der Waals surface area contributed by atoms with Crippen molar-refractivity contribution in [3.63, 3.8) is 0 Å². The van der Waals surface area contributed by atoms with Gasteiger partial charge in [0.15, 0.2) is 0 Å². The van der Waals surface area contributed by atoms with Gasteiger partial charge in [-0.2, -0.15) is 0 Å². The lowest BCUT2D eigenvalue weighted by molar-refractivity contribution is 0.908. The van der Waals surface area contributed by atoms with E-state index in [9.17, 15) is 0 Å². The maximum atomic E-state index is 5.32. The summed E-state index contributed by atoms with van der Waals surface area (Å²) in [5.74, 6) is 1.07. The van der Waals surface area contributed by atoms with Crippen LogP contribution in [0.3, 0.4) is 0 Å². The first-order chi connectivity index (χ1) is 25.2. The predicted octanol–water partition coefficient (Wildman–Crippen LogP) is 12.6. The Morgan fingerprint density at radius 2 is 1.06 bits per heavy atom. The molecule has 240 valence electrons. The van der Waals surface area contributed by atoms with Gasteiger partial charge in [0.05, 0.1) is 22.2 Å². The molecule has 0 spiro atoms. The number of imidazole rings is 1. The Balaban J connectivity index is 1.10. The average molecular weight is 652 g/mol. The Morgan fingerprint density at radius 3 is 1.84 bits per heavy atom. The largest absolute Gasteiger partial charge is 0.296 e. The van der Waals surface area contributed by atoms with Crippen molar-refractivity contribution in [2.45, 2.75) is 13.3 Å². The van der Waals surface area contributed by atoms with Gasteiger partial charge in [-0.25, -0.2) is 9.97 Å². The summed E-state index contributed by atoms with van der Waals surface area (Å²) >= 11 is 0. The lowest BCUT2D eigenvalue weighted by Gasteiger charge is -2.16. The molecule has 8 aromatic carbocycles. The number of benzene rings is 8. The first-order valence-electron chi connectivity index (χ1n) is 17.6. The van der Waals surface area contributed by atoms with Gasteiger partial charge in [-0.05, 0) is 86.3 Å². The number of aryl methyl sites for hydroxylation is 1. The van der Waals surface area contributed by atoms with Crippen LogP contribution in [0.25, 0.3) is 93.5 Å². The smallest absolute Gasteiger partial charge is 0.114 e. The summed E-state index contributed by atoms with van der Waals surface area (Å²) in [5, 5.41) is 8.51. The third-order valence-electron chi connectivity index (χ3n) is 10.3. The second kappa shape index (κ2) is 11.8. The van der Waals surface area contributed by atoms with Crippen molar-refractivity contribution in [2.75, 3.05) is 0 Å². The molecule has 0 atom stereocenters. The fraction of sp³-hybridized carbons (Fsp3) is 0.0417. The van der Waals surface area contributed by atoms with Crippen molar-refractivity contribution in [1.82, 2.24) is 14.5 Å². The Morgan fingerprint density at radius 1 is 0.451 bits per heavy atom. The highest BCUT2D eigenvalue weighted by molar-refractivity contribution is 6.25. The fourth-order valence-corrected chi connectivity index (χ4v) is 7.86. The zero-order valence-corrected chi connectivity index (χ0v) is 28.2. The molecule has 3 heteroatoms. The van der Waals surface area contributed by atoms with Crippen LogP contribution in [0.2, 0.25) is 0 Å². The normalized spacial score (nSPS) is 11.7. The van der Waals surface area contributed by atoms with Crippen LogP contribution in [0.1, 0.15) is 12.7 Å². The van der Waals surface area contributed by atoms with Gasteiger partial charge in [-0.3, -0.25) is 4.57 Å². The van der Waals surface area contributed by atoms with Crippen LogP contribution in [0.15, 0.2) is 170 Å². The lowest BCUT2D eigenvalue weighted by atomic mass is 9.89. The molecule has 0 unspecified atom stereocenters. The van der Waals surface area contributed by atoms with Crippen molar-refractivity contribution in [2.24, 2.45) is 0 Å². The average Bonchev–Trinajstić information content (AvgIpc) is 3.59. The minimum Gasteiger partial charge on any atom is -0.296 e. The number of fused-ring (bicyclic) bond motifs is 7. The van der Waals surface area contributed by atoms with E-state index < -0.39 is 0 Å². The predicted molar refractivity (Wildman–Crippen MR) is 215 cm³/mol. The summed E-state index contributed by atoms with van der Waals surface area (Å²) in [4.78, 5) is 10.2. The molecule has 2 heterocycles. The summed E-state index contributed by atoms with van der Waals surface area (Å²) in [5.41, 5.74) is 11.2. The highest BCUT2D eigenvalue weighted by Gasteiger charge is 2.17. The van der Waals surface area contributed by atoms with Crippen LogP contribution < -0.4 is 0 Å². The fourth-order valence-electron chi connectivity index (χ4n) is 7.86. The van der Waals surface area contributed by atoms with Crippen molar-refractivity contribution < 1.29 is 0 Å². The molecule has 0 fully saturated rings. The first-order valence-corrected chi connectivity index (χ1v) is 17.6. The molecule has 0 N–H and O–H groups in total. The van der Waals surface area contributed by atoms with E-state index in [0.29, 0.717) is 0 Å². The highest BCUT2D eigenvalue weighted by Crippen LogP contribution is 2.42. The number of para-hydroxylation sites is 3. The van der Waals surface area contributed by atoms with Gasteiger partial charge < -0.3 is 0 Å². The minimum absolute atomic E-state index is 0.872. The van der Waals surface area contributed by atoms with Crippen LogP contribution in [0, 0.1) is 0 Å². The van der Waals surface area contributed by atoms with Gasteiger partial charge in [-0.15, -0.1) is 0 Å². The molecule has 10 rings (SSSR count). The number of rotatable bonds is 5. The number of hydrogen-bond donors (Lipinski definition) is 0.